The van der Waals surface area contributed by atoms with Gasteiger partial charge in [-0.25, -0.2) is 4.79 Å². The van der Waals surface area contributed by atoms with Crippen molar-refractivity contribution < 1.29 is 9.15 Å². The molecule has 0 amide bonds. The number of nitrogens with zero attached hydrogens (tertiary/aromatic N) is 1. The van der Waals surface area contributed by atoms with Crippen molar-refractivity contribution >= 4 is 11.0 Å². The first kappa shape index (κ1) is 16.8. The zero-order valence-corrected chi connectivity index (χ0v) is 15.8. The lowest BCUT2D eigenvalue weighted by atomic mass is 9.57. The zero-order valence-electron chi connectivity index (χ0n) is 15.8. The number of rotatable bonds is 3. The van der Waals surface area contributed by atoms with E-state index in [1.165, 1.54) is 5.56 Å². The molecule has 1 aliphatic heterocycles. The van der Waals surface area contributed by atoms with Crippen LogP contribution in [-0.2, 0) is 11.3 Å². The van der Waals surface area contributed by atoms with E-state index >= 15 is 0 Å². The minimum Gasteiger partial charge on any atom is -0.423 e. The van der Waals surface area contributed by atoms with Crippen molar-refractivity contribution in [2.45, 2.75) is 52.8 Å². The number of fused-ring (bicyclic) bond motifs is 2. The number of ether oxygens (including phenoxy) is 1. The van der Waals surface area contributed by atoms with E-state index in [2.05, 4.69) is 38.8 Å². The van der Waals surface area contributed by atoms with Crippen LogP contribution in [0.25, 0.3) is 11.0 Å². The number of hydrogen-bond donors (Lipinski definition) is 0. The molecule has 3 atom stereocenters. The summed E-state index contributed by atoms with van der Waals surface area (Å²) in [4.78, 5) is 14.4. The molecule has 134 valence electrons. The molecule has 4 rings (SSSR count). The van der Waals surface area contributed by atoms with Gasteiger partial charge in [0.15, 0.2) is 0 Å². The summed E-state index contributed by atoms with van der Waals surface area (Å²) in [5, 5.41) is 1.05. The van der Waals surface area contributed by atoms with Crippen LogP contribution in [0.1, 0.15) is 37.0 Å². The van der Waals surface area contributed by atoms with Crippen LogP contribution in [0.2, 0.25) is 0 Å². The molecule has 2 aromatic rings. The SMILES string of the molecule is Cc1cc2oc(=O)cc(CN(C)[C@@H]3[C@@H]4CCO[C@@H]4C3(C)C)c2cc1C. The summed E-state index contributed by atoms with van der Waals surface area (Å²) in [5.74, 6) is 0.607. The van der Waals surface area contributed by atoms with Crippen molar-refractivity contribution in [3.63, 3.8) is 0 Å². The second kappa shape index (κ2) is 5.68. The molecule has 0 unspecified atom stereocenters. The number of aryl methyl sites for hydroxylation is 2. The van der Waals surface area contributed by atoms with Crippen LogP contribution in [-0.4, -0.2) is 30.7 Å². The molecule has 1 aromatic heterocycles. The van der Waals surface area contributed by atoms with Gasteiger partial charge >= 0.3 is 5.63 Å². The summed E-state index contributed by atoms with van der Waals surface area (Å²) >= 11 is 0. The van der Waals surface area contributed by atoms with Crippen molar-refractivity contribution in [1.82, 2.24) is 4.90 Å². The van der Waals surface area contributed by atoms with Gasteiger partial charge in [-0.3, -0.25) is 4.90 Å². The van der Waals surface area contributed by atoms with E-state index < -0.39 is 0 Å². The van der Waals surface area contributed by atoms with E-state index in [0.717, 1.165) is 36.1 Å². The highest BCUT2D eigenvalue weighted by atomic mass is 16.5. The molecule has 2 fully saturated rings. The van der Waals surface area contributed by atoms with Gasteiger partial charge in [-0.05, 0) is 56.1 Å². The highest BCUT2D eigenvalue weighted by molar-refractivity contribution is 5.81. The second-order valence-corrected chi connectivity index (χ2v) is 8.45. The Balaban J connectivity index is 1.69. The average Bonchev–Trinajstić information content (AvgIpc) is 2.95. The third-order valence-corrected chi connectivity index (χ3v) is 6.38. The quantitative estimate of drug-likeness (QED) is 0.799. The maximum atomic E-state index is 12.0. The fourth-order valence-corrected chi connectivity index (χ4v) is 5.17. The van der Waals surface area contributed by atoms with Gasteiger partial charge in [0.05, 0.1) is 6.10 Å². The first-order chi connectivity index (χ1) is 11.8. The van der Waals surface area contributed by atoms with Gasteiger partial charge in [-0.1, -0.05) is 13.8 Å². The molecule has 25 heavy (non-hydrogen) atoms. The molecule has 1 aromatic carbocycles. The molecule has 1 saturated carbocycles. The summed E-state index contributed by atoms with van der Waals surface area (Å²) < 4.78 is 11.4. The van der Waals surface area contributed by atoms with Gasteiger partial charge in [-0.2, -0.15) is 0 Å². The Labute approximate surface area is 148 Å². The van der Waals surface area contributed by atoms with Gasteiger partial charge in [0.25, 0.3) is 0 Å². The Morgan fingerprint density at radius 1 is 1.20 bits per heavy atom. The lowest BCUT2D eigenvalue weighted by Crippen LogP contribution is -2.65. The molecule has 2 heterocycles. The van der Waals surface area contributed by atoms with E-state index in [4.69, 9.17) is 9.15 Å². The van der Waals surface area contributed by atoms with Crippen LogP contribution < -0.4 is 5.63 Å². The predicted molar refractivity (Wildman–Crippen MR) is 98.8 cm³/mol. The van der Waals surface area contributed by atoms with Crippen LogP contribution in [0.15, 0.2) is 27.4 Å². The third kappa shape index (κ3) is 2.54. The summed E-state index contributed by atoms with van der Waals surface area (Å²) in [5.41, 5.74) is 3.99. The van der Waals surface area contributed by atoms with Crippen LogP contribution in [0.5, 0.6) is 0 Å². The first-order valence-corrected chi connectivity index (χ1v) is 9.15. The third-order valence-electron chi connectivity index (χ3n) is 6.38. The minimum atomic E-state index is -0.269. The van der Waals surface area contributed by atoms with Crippen molar-refractivity contribution in [1.29, 1.82) is 0 Å². The zero-order chi connectivity index (χ0) is 17.9. The fourth-order valence-electron chi connectivity index (χ4n) is 5.17. The highest BCUT2D eigenvalue weighted by Crippen LogP contribution is 2.54. The Morgan fingerprint density at radius 2 is 1.92 bits per heavy atom. The van der Waals surface area contributed by atoms with E-state index in [0.29, 0.717) is 23.6 Å². The van der Waals surface area contributed by atoms with Crippen LogP contribution in [0.4, 0.5) is 0 Å². The Morgan fingerprint density at radius 3 is 2.68 bits per heavy atom. The fraction of sp³-hybridized carbons (Fsp3) is 0.571. The van der Waals surface area contributed by atoms with Gasteiger partial charge < -0.3 is 9.15 Å². The van der Waals surface area contributed by atoms with E-state index in [-0.39, 0.29) is 11.0 Å². The van der Waals surface area contributed by atoms with Crippen LogP contribution in [0, 0.1) is 25.2 Å². The first-order valence-electron chi connectivity index (χ1n) is 9.15. The van der Waals surface area contributed by atoms with Gasteiger partial charge in [0.1, 0.15) is 5.58 Å². The van der Waals surface area contributed by atoms with Crippen LogP contribution in [0.3, 0.4) is 0 Å². The second-order valence-electron chi connectivity index (χ2n) is 8.45. The maximum absolute atomic E-state index is 12.0. The topological polar surface area (TPSA) is 42.7 Å². The van der Waals surface area contributed by atoms with Crippen molar-refractivity contribution in [3.8, 4) is 0 Å². The Kier molecular flexibility index (Phi) is 3.82. The lowest BCUT2D eigenvalue weighted by molar-refractivity contribution is -0.151. The van der Waals surface area contributed by atoms with Gasteiger partial charge in [0, 0.05) is 42.0 Å². The van der Waals surface area contributed by atoms with Gasteiger partial charge in [0.2, 0.25) is 0 Å². The average molecular weight is 341 g/mol. The maximum Gasteiger partial charge on any atom is 0.336 e. The molecular formula is C21H27NO3. The number of benzene rings is 1. The molecule has 0 bridgehead atoms. The molecule has 2 aliphatic rings. The standard InChI is InChI=1S/C21H27NO3/c1-12-8-16-14(10-18(23)25-17(16)9-13(12)2)11-22(5)19-15-6-7-24-20(15)21(19,3)4/h8-10,15,19-20H,6-7,11H2,1-5H3/t15-,19+,20-/m0/s1. The molecule has 0 N–H and O–H groups in total. The minimum absolute atomic E-state index is 0.150. The van der Waals surface area contributed by atoms with Crippen molar-refractivity contribution in [3.05, 3.63) is 45.3 Å². The van der Waals surface area contributed by atoms with Crippen molar-refractivity contribution in [2.24, 2.45) is 11.3 Å². The smallest absolute Gasteiger partial charge is 0.336 e. The van der Waals surface area contributed by atoms with E-state index in [1.807, 2.05) is 13.0 Å². The summed E-state index contributed by atoms with van der Waals surface area (Å²) in [6, 6.07) is 6.25. The Bertz CT molecular complexity index is 883. The monoisotopic (exact) mass is 341 g/mol. The Hall–Kier alpha value is -1.65. The number of hydrogen-bond acceptors (Lipinski definition) is 4. The normalized spacial score (nSPS) is 27.5. The molecule has 1 aliphatic carbocycles. The highest BCUT2D eigenvalue weighted by Gasteiger charge is 2.60. The molecule has 4 nitrogen and oxygen atoms in total. The van der Waals surface area contributed by atoms with Crippen LogP contribution >= 0.6 is 0 Å². The molecule has 1 saturated heterocycles. The van der Waals surface area contributed by atoms with Crippen molar-refractivity contribution in [2.75, 3.05) is 13.7 Å². The molecule has 4 heteroatoms. The van der Waals surface area contributed by atoms with E-state index in [1.54, 1.807) is 6.07 Å². The summed E-state index contributed by atoms with van der Waals surface area (Å²) in [6.45, 7) is 10.4. The summed E-state index contributed by atoms with van der Waals surface area (Å²) in [6.07, 6.45) is 1.52. The van der Waals surface area contributed by atoms with E-state index in [9.17, 15) is 4.79 Å². The molecule has 0 spiro atoms. The predicted octanol–water partition coefficient (Wildman–Crippen LogP) is 3.66. The summed E-state index contributed by atoms with van der Waals surface area (Å²) in [7, 11) is 2.17. The lowest BCUT2D eigenvalue weighted by Gasteiger charge is -2.58. The molecular weight excluding hydrogens is 314 g/mol. The molecule has 0 radical (unpaired) electrons. The van der Waals surface area contributed by atoms with Gasteiger partial charge in [-0.15, -0.1) is 0 Å². The largest absolute Gasteiger partial charge is 0.423 e.